The molecular formula is C24H24F6. The van der Waals surface area contributed by atoms with E-state index < -0.39 is 29.2 Å². The van der Waals surface area contributed by atoms with E-state index in [1.54, 1.807) is 6.07 Å². The van der Waals surface area contributed by atoms with Gasteiger partial charge in [0.15, 0.2) is 0 Å². The molecule has 0 aromatic heterocycles. The molecule has 1 saturated carbocycles. The van der Waals surface area contributed by atoms with Crippen LogP contribution in [0.3, 0.4) is 0 Å². The van der Waals surface area contributed by atoms with E-state index in [0.717, 1.165) is 36.5 Å². The van der Waals surface area contributed by atoms with Crippen LogP contribution in [0.25, 0.3) is 17.2 Å². The molecule has 2 aromatic rings. The third kappa shape index (κ3) is 5.89. The molecule has 1 fully saturated rings. The first-order chi connectivity index (χ1) is 14.1. The Hall–Kier alpha value is -2.24. The van der Waals surface area contributed by atoms with Crippen LogP contribution >= 0.6 is 0 Å². The lowest BCUT2D eigenvalue weighted by Gasteiger charge is -2.26. The maximum atomic E-state index is 14.6. The van der Waals surface area contributed by atoms with Crippen molar-refractivity contribution >= 4 is 6.08 Å². The number of alkyl halides is 3. The maximum Gasteiger partial charge on any atom is 0.409 e. The topological polar surface area (TPSA) is 0 Å². The number of rotatable bonds is 5. The summed E-state index contributed by atoms with van der Waals surface area (Å²) in [5, 5.41) is 0. The van der Waals surface area contributed by atoms with E-state index in [2.05, 4.69) is 6.92 Å². The Bertz CT molecular complexity index is 881. The average Bonchev–Trinajstić information content (AvgIpc) is 2.66. The smallest absolute Gasteiger partial charge is 0.206 e. The molecule has 0 heterocycles. The zero-order chi connectivity index (χ0) is 21.9. The fourth-order valence-electron chi connectivity index (χ4n) is 4.01. The summed E-state index contributed by atoms with van der Waals surface area (Å²) in [6.45, 7) is 2.26. The lowest BCUT2D eigenvalue weighted by molar-refractivity contribution is -0.0790. The highest BCUT2D eigenvalue weighted by Gasteiger charge is 2.23. The summed E-state index contributed by atoms with van der Waals surface area (Å²) in [6, 6.07) is 6.26. The molecule has 0 amide bonds. The van der Waals surface area contributed by atoms with Crippen molar-refractivity contribution in [1.82, 2.24) is 0 Å². The zero-order valence-corrected chi connectivity index (χ0v) is 16.7. The van der Waals surface area contributed by atoms with Crippen LogP contribution in [0.5, 0.6) is 0 Å². The van der Waals surface area contributed by atoms with Gasteiger partial charge in [-0.2, -0.15) is 13.2 Å². The summed E-state index contributed by atoms with van der Waals surface area (Å²) in [7, 11) is 0. The fourth-order valence-corrected chi connectivity index (χ4v) is 4.01. The highest BCUT2D eigenvalue weighted by Crippen LogP contribution is 2.32. The quantitative estimate of drug-likeness (QED) is 0.424. The van der Waals surface area contributed by atoms with Crippen LogP contribution in [0.4, 0.5) is 26.3 Å². The molecule has 0 spiro atoms. The van der Waals surface area contributed by atoms with Crippen LogP contribution in [0.1, 0.15) is 50.2 Å². The Morgan fingerprint density at radius 3 is 2.10 bits per heavy atom. The largest absolute Gasteiger partial charge is 0.409 e. The van der Waals surface area contributed by atoms with Crippen molar-refractivity contribution in [3.05, 3.63) is 65.0 Å². The second-order valence-corrected chi connectivity index (χ2v) is 8.21. The van der Waals surface area contributed by atoms with E-state index in [-0.39, 0.29) is 17.2 Å². The molecule has 0 N–H and O–H groups in total. The second-order valence-electron chi connectivity index (χ2n) is 8.21. The molecule has 0 nitrogen and oxygen atoms in total. The van der Waals surface area contributed by atoms with Crippen molar-refractivity contribution in [1.29, 1.82) is 0 Å². The highest BCUT2D eigenvalue weighted by molar-refractivity contribution is 5.67. The predicted molar refractivity (Wildman–Crippen MR) is 106 cm³/mol. The lowest BCUT2D eigenvalue weighted by Crippen LogP contribution is -2.12. The minimum atomic E-state index is -4.69. The van der Waals surface area contributed by atoms with Gasteiger partial charge in [-0.3, -0.25) is 0 Å². The Morgan fingerprint density at radius 2 is 1.53 bits per heavy atom. The first-order valence-electron chi connectivity index (χ1n) is 10.2. The van der Waals surface area contributed by atoms with Gasteiger partial charge >= 0.3 is 6.18 Å². The third-order valence-electron chi connectivity index (χ3n) is 5.84. The second kappa shape index (κ2) is 9.27. The van der Waals surface area contributed by atoms with Crippen molar-refractivity contribution in [3.63, 3.8) is 0 Å². The van der Waals surface area contributed by atoms with E-state index in [0.29, 0.717) is 12.0 Å². The predicted octanol–water partition coefficient (Wildman–Crippen LogP) is 8.11. The number of hydrogen-bond acceptors (Lipinski definition) is 0. The standard InChI is InChI=1S/C24H24F6/c1-15-2-4-16(5-3-15)6-7-17-8-9-19(21(25)12-17)18-13-22(26)20(23(27)14-18)10-11-24(28,29)30/h8-16H,2-7H2,1H3/b11-10+. The summed E-state index contributed by atoms with van der Waals surface area (Å²) < 4.78 is 79.7. The van der Waals surface area contributed by atoms with E-state index in [4.69, 9.17) is 0 Å². The molecule has 30 heavy (non-hydrogen) atoms. The van der Waals surface area contributed by atoms with Crippen molar-refractivity contribution in [2.45, 2.75) is 51.6 Å². The monoisotopic (exact) mass is 426 g/mol. The highest BCUT2D eigenvalue weighted by atomic mass is 19.4. The summed E-state index contributed by atoms with van der Waals surface area (Å²) in [6.07, 6.45) is 1.96. The SMILES string of the molecule is CC1CCC(CCc2ccc(-c3cc(F)c(/C=C/C(F)(F)F)c(F)c3)c(F)c2)CC1. The van der Waals surface area contributed by atoms with Gasteiger partial charge in [0.2, 0.25) is 0 Å². The molecule has 162 valence electrons. The van der Waals surface area contributed by atoms with E-state index in [1.165, 1.54) is 37.8 Å². The normalized spacial score (nSPS) is 20.1. The molecule has 1 aliphatic rings. The van der Waals surface area contributed by atoms with Crippen LogP contribution < -0.4 is 0 Å². The number of allylic oxidation sites excluding steroid dienone is 1. The number of aryl methyl sites for hydroxylation is 1. The molecule has 0 atom stereocenters. The molecular weight excluding hydrogens is 402 g/mol. The van der Waals surface area contributed by atoms with Gasteiger partial charge in [0, 0.05) is 17.2 Å². The Labute approximate surface area is 172 Å². The van der Waals surface area contributed by atoms with Gasteiger partial charge in [-0.15, -0.1) is 0 Å². The van der Waals surface area contributed by atoms with Crippen LogP contribution in [-0.4, -0.2) is 6.18 Å². The van der Waals surface area contributed by atoms with Crippen LogP contribution in [-0.2, 0) is 6.42 Å². The van der Waals surface area contributed by atoms with Gasteiger partial charge in [-0.1, -0.05) is 44.7 Å². The minimum Gasteiger partial charge on any atom is -0.206 e. The first kappa shape index (κ1) is 22.4. The molecule has 0 aliphatic heterocycles. The summed E-state index contributed by atoms with van der Waals surface area (Å²) in [5.74, 6) is -1.55. The van der Waals surface area contributed by atoms with Crippen LogP contribution in [0.2, 0.25) is 0 Å². The minimum absolute atomic E-state index is 0.00870. The van der Waals surface area contributed by atoms with Gasteiger partial charge in [0.25, 0.3) is 0 Å². The Morgan fingerprint density at radius 1 is 0.900 bits per heavy atom. The summed E-state index contributed by atoms with van der Waals surface area (Å²) in [5.41, 5.74) is -0.0377. The molecule has 0 radical (unpaired) electrons. The summed E-state index contributed by atoms with van der Waals surface area (Å²) >= 11 is 0. The van der Waals surface area contributed by atoms with Crippen molar-refractivity contribution < 1.29 is 26.3 Å². The molecule has 2 aromatic carbocycles. The van der Waals surface area contributed by atoms with Gasteiger partial charge in [0.1, 0.15) is 17.5 Å². The summed E-state index contributed by atoms with van der Waals surface area (Å²) in [4.78, 5) is 0. The van der Waals surface area contributed by atoms with Crippen LogP contribution in [0, 0.1) is 29.3 Å². The zero-order valence-electron chi connectivity index (χ0n) is 16.7. The van der Waals surface area contributed by atoms with Crippen LogP contribution in [0.15, 0.2) is 36.4 Å². The average molecular weight is 426 g/mol. The lowest BCUT2D eigenvalue weighted by atomic mass is 9.80. The van der Waals surface area contributed by atoms with E-state index in [1.807, 2.05) is 0 Å². The number of benzene rings is 2. The molecule has 3 rings (SSSR count). The molecule has 0 bridgehead atoms. The van der Waals surface area contributed by atoms with Gasteiger partial charge in [-0.05, 0) is 60.1 Å². The molecule has 6 heteroatoms. The number of halogens is 6. The molecule has 0 saturated heterocycles. The Kier molecular flexibility index (Phi) is 6.94. The van der Waals surface area contributed by atoms with E-state index >= 15 is 0 Å². The Balaban J connectivity index is 1.74. The van der Waals surface area contributed by atoms with Crippen molar-refractivity contribution in [2.24, 2.45) is 11.8 Å². The van der Waals surface area contributed by atoms with Gasteiger partial charge in [0.05, 0.1) is 0 Å². The fraction of sp³-hybridized carbons (Fsp3) is 0.417. The maximum absolute atomic E-state index is 14.6. The molecule has 1 aliphatic carbocycles. The number of hydrogen-bond donors (Lipinski definition) is 0. The van der Waals surface area contributed by atoms with Gasteiger partial charge < -0.3 is 0 Å². The van der Waals surface area contributed by atoms with Crippen molar-refractivity contribution in [2.75, 3.05) is 0 Å². The first-order valence-corrected chi connectivity index (χ1v) is 10.2. The third-order valence-corrected chi connectivity index (χ3v) is 5.84. The van der Waals surface area contributed by atoms with E-state index in [9.17, 15) is 26.3 Å². The van der Waals surface area contributed by atoms with Crippen molar-refractivity contribution in [3.8, 4) is 11.1 Å². The molecule has 0 unspecified atom stereocenters. The van der Waals surface area contributed by atoms with Gasteiger partial charge in [-0.25, -0.2) is 13.2 Å².